The summed E-state index contributed by atoms with van der Waals surface area (Å²) < 4.78 is 24.9. The van der Waals surface area contributed by atoms with Crippen molar-refractivity contribution in [2.24, 2.45) is 0 Å². The number of hydrogen-bond donors (Lipinski definition) is 0. The molecule has 0 aromatic rings. The second-order valence-electron chi connectivity index (χ2n) is 9.63. The summed E-state index contributed by atoms with van der Waals surface area (Å²) in [6.45, 7) is 9.88. The van der Waals surface area contributed by atoms with Gasteiger partial charge in [-0.2, -0.15) is 0 Å². The first-order chi connectivity index (χ1) is 16.2. The second kappa shape index (κ2) is 26.7. The van der Waals surface area contributed by atoms with Crippen molar-refractivity contribution in [2.45, 2.75) is 149 Å². The molecule has 0 heterocycles. The Bertz CT molecular complexity index is 322. The minimum absolute atomic E-state index is 0.746. The van der Waals surface area contributed by atoms with Crippen LogP contribution in [0, 0.1) is 0 Å². The van der Waals surface area contributed by atoms with Crippen molar-refractivity contribution < 1.29 is 18.0 Å². The largest absolute Gasteiger partial charge is 0.501 e. The predicted octanol–water partition coefficient (Wildman–Crippen LogP) is 9.09. The molecule has 0 unspecified atom stereocenters. The molecule has 0 saturated carbocycles. The van der Waals surface area contributed by atoms with Crippen molar-refractivity contribution in [3.05, 3.63) is 0 Å². The van der Waals surface area contributed by atoms with E-state index in [0.29, 0.717) is 0 Å². The lowest BCUT2D eigenvalue weighted by molar-refractivity contribution is 0.0527. The Kier molecular flexibility index (Phi) is 26.7. The molecule has 0 aromatic heterocycles. The average molecular weight is 489 g/mol. The summed E-state index contributed by atoms with van der Waals surface area (Å²) in [6.07, 6.45) is 23.9. The van der Waals surface area contributed by atoms with Crippen LogP contribution in [0.4, 0.5) is 0 Å². The van der Waals surface area contributed by atoms with Crippen LogP contribution in [-0.4, -0.2) is 42.3 Å². The Balaban J connectivity index is 4.61. The van der Waals surface area contributed by atoms with Gasteiger partial charge in [-0.15, -0.1) is 0 Å². The topological polar surface area (TPSA) is 36.9 Å². The minimum atomic E-state index is -2.64. The molecule has 0 aliphatic heterocycles. The van der Waals surface area contributed by atoms with E-state index in [9.17, 15) is 0 Å². The maximum atomic E-state index is 6.51. The fourth-order valence-electron chi connectivity index (χ4n) is 4.10. The SMILES string of the molecule is CCCCCCCCO[Si](CCCOC)(OCCCCCCCC)OCCCCCCCC. The molecule has 0 amide bonds. The van der Waals surface area contributed by atoms with Gasteiger partial charge in [-0.05, 0) is 25.7 Å². The Morgan fingerprint density at radius 1 is 0.394 bits per heavy atom. The van der Waals surface area contributed by atoms with E-state index in [1.807, 2.05) is 0 Å². The lowest BCUT2D eigenvalue weighted by Crippen LogP contribution is -2.47. The number of methoxy groups -OCH3 is 1. The van der Waals surface area contributed by atoms with E-state index in [0.717, 1.165) is 58.2 Å². The van der Waals surface area contributed by atoms with Crippen LogP contribution >= 0.6 is 0 Å². The normalized spacial score (nSPS) is 12.0. The molecule has 0 aliphatic rings. The molecule has 200 valence electrons. The summed E-state index contributed by atoms with van der Waals surface area (Å²) in [7, 11) is -0.866. The quantitative estimate of drug-likeness (QED) is 0.0812. The summed E-state index contributed by atoms with van der Waals surface area (Å²) in [5.41, 5.74) is 0. The molecule has 0 saturated heterocycles. The van der Waals surface area contributed by atoms with Gasteiger partial charge in [-0.1, -0.05) is 117 Å². The monoisotopic (exact) mass is 488 g/mol. The summed E-state index contributed by atoms with van der Waals surface area (Å²) in [4.78, 5) is 0. The summed E-state index contributed by atoms with van der Waals surface area (Å²) in [5.74, 6) is 0. The van der Waals surface area contributed by atoms with E-state index in [1.165, 1.54) is 96.3 Å². The zero-order valence-corrected chi connectivity index (χ0v) is 24.1. The summed E-state index contributed by atoms with van der Waals surface area (Å²) in [5, 5.41) is 0. The zero-order valence-electron chi connectivity index (χ0n) is 23.1. The molecule has 0 N–H and O–H groups in total. The molecule has 5 heteroatoms. The smallest absolute Gasteiger partial charge is 0.385 e. The lowest BCUT2D eigenvalue weighted by Gasteiger charge is -2.30. The third-order valence-electron chi connectivity index (χ3n) is 6.29. The molecule has 0 rings (SSSR count). The second-order valence-corrected chi connectivity index (χ2v) is 12.4. The maximum absolute atomic E-state index is 6.51. The Morgan fingerprint density at radius 3 is 1.06 bits per heavy atom. The standard InChI is InChI=1S/C28H60O4Si/c1-5-8-11-14-17-20-25-30-33(28-23-24-29-4,31-26-21-18-15-12-9-6-2)32-27-22-19-16-13-10-7-3/h5-28H2,1-4H3. The van der Waals surface area contributed by atoms with Crippen LogP contribution in [0.2, 0.25) is 6.04 Å². The molecule has 0 bridgehead atoms. The van der Waals surface area contributed by atoms with Crippen molar-refractivity contribution in [3.8, 4) is 0 Å². The summed E-state index contributed by atoms with van der Waals surface area (Å²) >= 11 is 0. The van der Waals surface area contributed by atoms with Crippen LogP contribution in [0.5, 0.6) is 0 Å². The molecule has 0 aliphatic carbocycles. The van der Waals surface area contributed by atoms with Crippen LogP contribution < -0.4 is 0 Å². The molecule has 33 heavy (non-hydrogen) atoms. The van der Waals surface area contributed by atoms with Gasteiger partial charge in [-0.25, -0.2) is 0 Å². The van der Waals surface area contributed by atoms with E-state index in [4.69, 9.17) is 18.0 Å². The fourth-order valence-corrected chi connectivity index (χ4v) is 6.73. The number of rotatable bonds is 28. The van der Waals surface area contributed by atoms with Crippen LogP contribution in [0.15, 0.2) is 0 Å². The van der Waals surface area contributed by atoms with Gasteiger partial charge in [0.2, 0.25) is 0 Å². The highest BCUT2D eigenvalue weighted by atomic mass is 28.4. The first-order valence-corrected chi connectivity index (χ1v) is 16.6. The third-order valence-corrected chi connectivity index (χ3v) is 9.19. The van der Waals surface area contributed by atoms with Gasteiger partial charge in [0.15, 0.2) is 0 Å². The number of unbranched alkanes of at least 4 members (excludes halogenated alkanes) is 15. The van der Waals surface area contributed by atoms with Gasteiger partial charge in [0, 0.05) is 39.6 Å². The molecule has 0 aromatic carbocycles. The molecular formula is C28H60O4Si. The van der Waals surface area contributed by atoms with E-state index in [1.54, 1.807) is 7.11 Å². The first kappa shape index (κ1) is 33.1. The van der Waals surface area contributed by atoms with Gasteiger partial charge in [0.1, 0.15) is 0 Å². The fraction of sp³-hybridized carbons (Fsp3) is 1.00. The Hall–Kier alpha value is 0.0569. The molecule has 0 spiro atoms. The first-order valence-electron chi connectivity index (χ1n) is 14.7. The molecule has 0 radical (unpaired) electrons. The lowest BCUT2D eigenvalue weighted by atomic mass is 10.1. The highest BCUT2D eigenvalue weighted by Crippen LogP contribution is 2.21. The van der Waals surface area contributed by atoms with Crippen molar-refractivity contribution >= 4 is 8.80 Å². The van der Waals surface area contributed by atoms with E-state index in [2.05, 4.69) is 20.8 Å². The van der Waals surface area contributed by atoms with E-state index in [-0.39, 0.29) is 0 Å². The third kappa shape index (κ3) is 22.3. The Labute approximate surface area is 209 Å². The summed E-state index contributed by atoms with van der Waals surface area (Å²) in [6, 6.07) is 0.877. The van der Waals surface area contributed by atoms with Crippen LogP contribution in [0.25, 0.3) is 0 Å². The minimum Gasteiger partial charge on any atom is -0.385 e. The molecule has 0 fully saturated rings. The highest BCUT2D eigenvalue weighted by molar-refractivity contribution is 6.60. The Morgan fingerprint density at radius 2 is 0.727 bits per heavy atom. The number of ether oxygens (including phenoxy) is 1. The van der Waals surface area contributed by atoms with Gasteiger partial charge in [-0.3, -0.25) is 0 Å². The van der Waals surface area contributed by atoms with E-state index < -0.39 is 8.80 Å². The van der Waals surface area contributed by atoms with Crippen LogP contribution in [0.3, 0.4) is 0 Å². The van der Waals surface area contributed by atoms with Crippen molar-refractivity contribution in [2.75, 3.05) is 33.5 Å². The molecular weight excluding hydrogens is 428 g/mol. The van der Waals surface area contributed by atoms with Crippen LogP contribution in [-0.2, 0) is 18.0 Å². The predicted molar refractivity (Wildman–Crippen MR) is 145 cm³/mol. The van der Waals surface area contributed by atoms with Gasteiger partial charge >= 0.3 is 8.80 Å². The van der Waals surface area contributed by atoms with Crippen molar-refractivity contribution in [1.29, 1.82) is 0 Å². The molecule has 0 atom stereocenters. The molecule has 4 nitrogen and oxygen atoms in total. The van der Waals surface area contributed by atoms with Gasteiger partial charge < -0.3 is 18.0 Å². The number of hydrogen-bond acceptors (Lipinski definition) is 4. The average Bonchev–Trinajstić information content (AvgIpc) is 2.82. The highest BCUT2D eigenvalue weighted by Gasteiger charge is 2.40. The van der Waals surface area contributed by atoms with Crippen molar-refractivity contribution in [3.63, 3.8) is 0 Å². The zero-order chi connectivity index (χ0) is 24.3. The van der Waals surface area contributed by atoms with Crippen molar-refractivity contribution in [1.82, 2.24) is 0 Å². The van der Waals surface area contributed by atoms with Gasteiger partial charge in [0.05, 0.1) is 0 Å². The van der Waals surface area contributed by atoms with E-state index >= 15 is 0 Å². The maximum Gasteiger partial charge on any atom is 0.501 e. The van der Waals surface area contributed by atoms with Gasteiger partial charge in [0.25, 0.3) is 0 Å². The van der Waals surface area contributed by atoms with Crippen LogP contribution in [0.1, 0.15) is 143 Å².